The summed E-state index contributed by atoms with van der Waals surface area (Å²) in [5.41, 5.74) is -0.704. The van der Waals surface area contributed by atoms with Gasteiger partial charge in [-0.3, -0.25) is 9.59 Å². The van der Waals surface area contributed by atoms with Crippen LogP contribution in [-0.4, -0.2) is 23.5 Å². The Morgan fingerprint density at radius 2 is 2.15 bits per heavy atom. The summed E-state index contributed by atoms with van der Waals surface area (Å²) in [6.45, 7) is 0.197. The van der Waals surface area contributed by atoms with E-state index < -0.39 is 11.4 Å². The van der Waals surface area contributed by atoms with Crippen LogP contribution in [-0.2, 0) is 9.59 Å². The van der Waals surface area contributed by atoms with Crippen LogP contribution in [0.2, 0.25) is 0 Å². The second kappa shape index (κ2) is 3.48. The monoisotopic (exact) mass is 181 g/mol. The van der Waals surface area contributed by atoms with Crippen molar-refractivity contribution in [2.75, 3.05) is 6.54 Å². The molecule has 0 unspecified atom stereocenters. The van der Waals surface area contributed by atoms with Crippen LogP contribution >= 0.6 is 0 Å². The molecule has 0 atom stereocenters. The normalized spacial score (nSPS) is 17.2. The molecular weight excluding hydrogens is 170 g/mol. The van der Waals surface area contributed by atoms with Gasteiger partial charge >= 0.3 is 5.97 Å². The van der Waals surface area contributed by atoms with Crippen molar-refractivity contribution in [1.29, 1.82) is 0 Å². The number of hydrogen-bond donors (Lipinski definition) is 2. The number of terminal acetylenes is 1. The lowest BCUT2D eigenvalue weighted by atomic mass is 10.1. The molecule has 70 valence electrons. The van der Waals surface area contributed by atoms with Crippen molar-refractivity contribution in [2.24, 2.45) is 5.41 Å². The van der Waals surface area contributed by atoms with Crippen molar-refractivity contribution in [3.63, 3.8) is 0 Å². The number of nitrogens with one attached hydrogen (secondary N) is 1. The minimum Gasteiger partial charge on any atom is -0.481 e. The van der Waals surface area contributed by atoms with Crippen molar-refractivity contribution < 1.29 is 14.7 Å². The summed E-state index contributed by atoms with van der Waals surface area (Å²) >= 11 is 0. The molecule has 1 fully saturated rings. The fourth-order valence-corrected chi connectivity index (χ4v) is 1.04. The van der Waals surface area contributed by atoms with Gasteiger partial charge in [0.2, 0.25) is 5.91 Å². The Kier molecular flexibility index (Phi) is 2.57. The smallest absolute Gasteiger partial charge is 0.311 e. The Hall–Kier alpha value is -1.50. The molecule has 4 heteroatoms. The highest BCUT2D eigenvalue weighted by molar-refractivity contribution is 5.81. The molecule has 13 heavy (non-hydrogen) atoms. The molecule has 0 spiro atoms. The first-order valence-electron chi connectivity index (χ1n) is 4.04. The Morgan fingerprint density at radius 1 is 1.54 bits per heavy atom. The second-order valence-electron chi connectivity index (χ2n) is 3.24. The number of carbonyl (C=O) groups is 2. The first-order valence-corrected chi connectivity index (χ1v) is 4.04. The summed E-state index contributed by atoms with van der Waals surface area (Å²) in [5.74, 6) is 1.07. The Morgan fingerprint density at radius 3 is 2.54 bits per heavy atom. The summed E-state index contributed by atoms with van der Waals surface area (Å²) in [7, 11) is 0. The average molecular weight is 181 g/mol. The van der Waals surface area contributed by atoms with Gasteiger partial charge in [0.05, 0.1) is 11.8 Å². The highest BCUT2D eigenvalue weighted by Gasteiger charge is 2.50. The molecule has 0 aromatic rings. The van der Waals surface area contributed by atoms with Crippen LogP contribution in [0, 0.1) is 17.8 Å². The number of carboxylic acids is 1. The topological polar surface area (TPSA) is 66.4 Å². The maximum atomic E-state index is 10.9. The lowest BCUT2D eigenvalue weighted by Gasteiger charge is -2.09. The molecule has 1 amide bonds. The van der Waals surface area contributed by atoms with E-state index in [4.69, 9.17) is 11.5 Å². The van der Waals surface area contributed by atoms with Crippen molar-refractivity contribution in [1.82, 2.24) is 5.32 Å². The third-order valence-electron chi connectivity index (χ3n) is 2.19. The maximum Gasteiger partial charge on any atom is 0.311 e. The van der Waals surface area contributed by atoms with Gasteiger partial charge in [-0.1, -0.05) is 5.92 Å². The van der Waals surface area contributed by atoms with Crippen LogP contribution in [0.3, 0.4) is 0 Å². The quantitative estimate of drug-likeness (QED) is 0.599. The standard InChI is InChI=1S/C9H11NO3/c1-2-3-7(11)10-6-9(4-5-9)8(12)13/h1H,3-6H2,(H,10,11)(H,12,13). The van der Waals surface area contributed by atoms with Crippen LogP contribution in [0.5, 0.6) is 0 Å². The minimum absolute atomic E-state index is 0.00962. The van der Waals surface area contributed by atoms with Gasteiger partial charge < -0.3 is 10.4 Å². The van der Waals surface area contributed by atoms with Crippen molar-refractivity contribution >= 4 is 11.9 Å². The van der Waals surface area contributed by atoms with Crippen molar-refractivity contribution in [3.8, 4) is 12.3 Å². The third kappa shape index (κ3) is 2.22. The maximum absolute atomic E-state index is 10.9. The zero-order valence-corrected chi connectivity index (χ0v) is 7.17. The largest absolute Gasteiger partial charge is 0.481 e. The second-order valence-corrected chi connectivity index (χ2v) is 3.24. The highest BCUT2D eigenvalue weighted by Crippen LogP contribution is 2.45. The van der Waals surface area contributed by atoms with Gasteiger partial charge in [-0.2, -0.15) is 0 Å². The molecule has 1 aliphatic carbocycles. The average Bonchev–Trinajstić information content (AvgIpc) is 2.82. The Labute approximate surface area is 76.3 Å². The first-order chi connectivity index (χ1) is 6.10. The number of rotatable bonds is 4. The fraction of sp³-hybridized carbons (Fsp3) is 0.556. The van der Waals surface area contributed by atoms with Crippen LogP contribution in [0.1, 0.15) is 19.3 Å². The number of carbonyl (C=O) groups excluding carboxylic acids is 1. The van der Waals surface area contributed by atoms with Gasteiger partial charge in [0.15, 0.2) is 0 Å². The molecule has 0 heterocycles. The third-order valence-corrected chi connectivity index (χ3v) is 2.19. The minimum atomic E-state index is -0.839. The number of amides is 1. The molecule has 0 aromatic heterocycles. The van der Waals surface area contributed by atoms with Gasteiger partial charge in [-0.15, -0.1) is 6.42 Å². The summed E-state index contributed by atoms with van der Waals surface area (Å²) in [6.07, 6.45) is 6.20. The molecule has 4 nitrogen and oxygen atoms in total. The van der Waals surface area contributed by atoms with E-state index in [0.29, 0.717) is 12.8 Å². The lowest BCUT2D eigenvalue weighted by Crippen LogP contribution is -2.33. The van der Waals surface area contributed by atoms with E-state index in [9.17, 15) is 9.59 Å². The van der Waals surface area contributed by atoms with E-state index in [1.54, 1.807) is 0 Å². The van der Waals surface area contributed by atoms with Crippen molar-refractivity contribution in [2.45, 2.75) is 19.3 Å². The number of carboxylic acid groups (broad SMARTS) is 1. The summed E-state index contributed by atoms with van der Waals surface area (Å²) in [6, 6.07) is 0. The van der Waals surface area contributed by atoms with E-state index in [1.807, 2.05) is 0 Å². The highest BCUT2D eigenvalue weighted by atomic mass is 16.4. The molecule has 0 bridgehead atoms. The van der Waals surface area contributed by atoms with Crippen LogP contribution in [0.25, 0.3) is 0 Å². The molecule has 0 aliphatic heterocycles. The van der Waals surface area contributed by atoms with Gasteiger partial charge in [0.1, 0.15) is 0 Å². The number of aliphatic carboxylic acids is 1. The SMILES string of the molecule is C#CCC(=O)NCC1(C(=O)O)CC1. The zero-order chi connectivity index (χ0) is 9.90. The summed E-state index contributed by atoms with van der Waals surface area (Å²) in [4.78, 5) is 21.6. The number of hydrogen-bond acceptors (Lipinski definition) is 2. The lowest BCUT2D eigenvalue weighted by molar-refractivity contribution is -0.143. The van der Waals surface area contributed by atoms with Gasteiger partial charge in [-0.05, 0) is 12.8 Å². The van der Waals surface area contributed by atoms with E-state index in [0.717, 1.165) is 0 Å². The first kappa shape index (κ1) is 9.59. The Balaban J connectivity index is 2.31. The molecule has 1 aliphatic rings. The molecule has 0 radical (unpaired) electrons. The van der Waals surface area contributed by atoms with Gasteiger partial charge in [0, 0.05) is 6.54 Å². The van der Waals surface area contributed by atoms with Crippen molar-refractivity contribution in [3.05, 3.63) is 0 Å². The van der Waals surface area contributed by atoms with E-state index in [-0.39, 0.29) is 18.9 Å². The Bertz CT molecular complexity index is 273. The van der Waals surface area contributed by atoms with E-state index >= 15 is 0 Å². The fourth-order valence-electron chi connectivity index (χ4n) is 1.04. The predicted molar refractivity (Wildman–Crippen MR) is 45.8 cm³/mol. The van der Waals surface area contributed by atoms with Crippen LogP contribution in [0.15, 0.2) is 0 Å². The van der Waals surface area contributed by atoms with Crippen LogP contribution in [0.4, 0.5) is 0 Å². The molecule has 0 aromatic carbocycles. The van der Waals surface area contributed by atoms with Gasteiger partial charge in [-0.25, -0.2) is 0 Å². The molecular formula is C9H11NO3. The molecule has 0 saturated heterocycles. The van der Waals surface area contributed by atoms with Gasteiger partial charge in [0.25, 0.3) is 0 Å². The predicted octanol–water partition coefficient (Wildman–Crippen LogP) is -0.00930. The summed E-state index contributed by atoms with van der Waals surface area (Å²) < 4.78 is 0. The zero-order valence-electron chi connectivity index (χ0n) is 7.17. The van der Waals surface area contributed by atoms with E-state index in [1.165, 1.54) is 0 Å². The molecule has 2 N–H and O–H groups in total. The van der Waals surface area contributed by atoms with Crippen LogP contribution < -0.4 is 5.32 Å². The molecule has 1 rings (SSSR count). The van der Waals surface area contributed by atoms with E-state index in [2.05, 4.69) is 11.2 Å². The summed E-state index contributed by atoms with van der Waals surface area (Å²) in [5, 5.41) is 11.3. The molecule has 1 saturated carbocycles.